The van der Waals surface area contributed by atoms with Crippen molar-refractivity contribution >= 4 is 45.0 Å². The average molecular weight is 332 g/mol. The number of para-hydroxylation sites is 1. The van der Waals surface area contributed by atoms with Crippen LogP contribution in [0.15, 0.2) is 39.6 Å². The first-order valence-corrected chi connectivity index (χ1v) is 8.32. The van der Waals surface area contributed by atoms with Gasteiger partial charge >= 0.3 is 0 Å². The Morgan fingerprint density at radius 1 is 1.36 bits per heavy atom. The summed E-state index contributed by atoms with van der Waals surface area (Å²) in [4.78, 5) is 35.0. The van der Waals surface area contributed by atoms with Crippen molar-refractivity contribution in [1.29, 1.82) is 0 Å². The summed E-state index contributed by atoms with van der Waals surface area (Å²) in [6.07, 6.45) is 0. The minimum Gasteiger partial charge on any atom is -0.301 e. The minimum atomic E-state index is -0.205. The summed E-state index contributed by atoms with van der Waals surface area (Å²) in [6.45, 7) is 1.87. The molecule has 0 aliphatic carbocycles. The van der Waals surface area contributed by atoms with Crippen LogP contribution < -0.4 is 10.9 Å². The van der Waals surface area contributed by atoms with Crippen molar-refractivity contribution < 1.29 is 4.79 Å². The van der Waals surface area contributed by atoms with Crippen molar-refractivity contribution in [2.45, 2.75) is 12.1 Å². The number of carbonyl (C=O) groups excluding carboxylic acids is 1. The number of anilines is 1. The topological polar surface area (TPSA) is 87.7 Å². The Morgan fingerprint density at radius 3 is 2.95 bits per heavy atom. The third-order valence-electron chi connectivity index (χ3n) is 2.80. The third kappa shape index (κ3) is 3.34. The lowest BCUT2D eigenvalue weighted by molar-refractivity contribution is -0.113. The van der Waals surface area contributed by atoms with Gasteiger partial charge in [-0.15, -0.1) is 11.3 Å². The van der Waals surface area contributed by atoms with Crippen LogP contribution in [0.25, 0.3) is 10.9 Å². The monoisotopic (exact) mass is 332 g/mol. The van der Waals surface area contributed by atoms with Crippen molar-refractivity contribution in [3.05, 3.63) is 45.7 Å². The van der Waals surface area contributed by atoms with Gasteiger partial charge in [0.2, 0.25) is 5.91 Å². The minimum absolute atomic E-state index is 0.153. The van der Waals surface area contributed by atoms with E-state index in [2.05, 4.69) is 20.3 Å². The quantitative estimate of drug-likeness (QED) is 0.566. The van der Waals surface area contributed by atoms with Crippen LogP contribution in [0, 0.1) is 6.92 Å². The number of hydrogen-bond acceptors (Lipinski definition) is 6. The van der Waals surface area contributed by atoms with Gasteiger partial charge in [-0.05, 0) is 19.1 Å². The molecule has 0 spiro atoms. The molecule has 0 aliphatic heterocycles. The number of benzene rings is 1. The van der Waals surface area contributed by atoms with Gasteiger partial charge < -0.3 is 10.3 Å². The molecule has 0 bridgehead atoms. The van der Waals surface area contributed by atoms with E-state index in [1.165, 1.54) is 23.1 Å². The Kier molecular flexibility index (Phi) is 4.21. The molecule has 0 atom stereocenters. The molecule has 1 aromatic carbocycles. The molecule has 0 fully saturated rings. The van der Waals surface area contributed by atoms with Gasteiger partial charge in [0.05, 0.1) is 22.3 Å². The Hall–Kier alpha value is -2.19. The Morgan fingerprint density at radius 2 is 2.18 bits per heavy atom. The Balaban J connectivity index is 1.68. The summed E-state index contributed by atoms with van der Waals surface area (Å²) < 4.78 is 0. The summed E-state index contributed by atoms with van der Waals surface area (Å²) in [5, 5.41) is 6.11. The second-order valence-electron chi connectivity index (χ2n) is 4.52. The zero-order valence-corrected chi connectivity index (χ0v) is 13.3. The fourth-order valence-corrected chi connectivity index (χ4v) is 3.21. The van der Waals surface area contributed by atoms with E-state index < -0.39 is 0 Å². The average Bonchev–Trinajstić information content (AvgIpc) is 2.90. The maximum atomic E-state index is 11.9. The lowest BCUT2D eigenvalue weighted by atomic mass is 10.2. The maximum absolute atomic E-state index is 11.9. The van der Waals surface area contributed by atoms with Gasteiger partial charge in [-0.3, -0.25) is 9.59 Å². The molecule has 8 heteroatoms. The highest BCUT2D eigenvalue weighted by molar-refractivity contribution is 7.99. The zero-order valence-electron chi connectivity index (χ0n) is 11.6. The van der Waals surface area contributed by atoms with Gasteiger partial charge in [0.15, 0.2) is 10.3 Å². The first-order valence-electron chi connectivity index (χ1n) is 6.45. The van der Waals surface area contributed by atoms with Gasteiger partial charge in [0.25, 0.3) is 5.56 Å². The number of rotatable bonds is 4. The van der Waals surface area contributed by atoms with Crippen LogP contribution in [0.1, 0.15) is 5.69 Å². The molecule has 3 aromatic rings. The van der Waals surface area contributed by atoms with Crippen molar-refractivity contribution in [2.24, 2.45) is 0 Å². The summed E-state index contributed by atoms with van der Waals surface area (Å²) >= 11 is 2.56. The molecule has 112 valence electrons. The van der Waals surface area contributed by atoms with E-state index in [1.807, 2.05) is 18.4 Å². The van der Waals surface area contributed by atoms with Crippen LogP contribution in [-0.2, 0) is 4.79 Å². The summed E-state index contributed by atoms with van der Waals surface area (Å²) in [5.74, 6) is -0.0324. The number of fused-ring (bicyclic) bond motifs is 1. The number of carbonyl (C=O) groups is 1. The molecule has 2 aromatic heterocycles. The molecule has 2 heterocycles. The predicted molar refractivity (Wildman–Crippen MR) is 88.6 cm³/mol. The van der Waals surface area contributed by atoms with E-state index in [0.29, 0.717) is 21.2 Å². The molecule has 0 unspecified atom stereocenters. The third-order valence-corrected chi connectivity index (χ3v) is 4.55. The van der Waals surface area contributed by atoms with Crippen LogP contribution in [0.3, 0.4) is 0 Å². The summed E-state index contributed by atoms with van der Waals surface area (Å²) in [5.41, 5.74) is 1.28. The second-order valence-corrected chi connectivity index (χ2v) is 6.34. The van der Waals surface area contributed by atoms with Crippen molar-refractivity contribution in [3.8, 4) is 0 Å². The number of aromatic nitrogens is 3. The molecular formula is C14H12N4O2S2. The molecule has 2 N–H and O–H groups in total. The zero-order chi connectivity index (χ0) is 15.5. The number of nitrogens with one attached hydrogen (secondary N) is 2. The van der Waals surface area contributed by atoms with Gasteiger partial charge in [-0.2, -0.15) is 0 Å². The van der Waals surface area contributed by atoms with Crippen molar-refractivity contribution in [3.63, 3.8) is 0 Å². The number of hydrogen-bond donors (Lipinski definition) is 2. The van der Waals surface area contributed by atoms with E-state index in [1.54, 1.807) is 18.2 Å². The number of thiazole rings is 1. The Bertz CT molecular complexity index is 888. The number of aryl methyl sites for hydroxylation is 1. The number of thioether (sulfide) groups is 1. The van der Waals surface area contributed by atoms with Crippen molar-refractivity contribution in [1.82, 2.24) is 15.0 Å². The number of nitrogens with zero attached hydrogens (tertiary/aromatic N) is 2. The molecule has 0 saturated carbocycles. The van der Waals surface area contributed by atoms with Crippen LogP contribution in [-0.4, -0.2) is 26.6 Å². The molecule has 3 rings (SSSR count). The first-order chi connectivity index (χ1) is 10.6. The highest BCUT2D eigenvalue weighted by Crippen LogP contribution is 2.17. The Labute approximate surface area is 134 Å². The number of amides is 1. The van der Waals surface area contributed by atoms with E-state index in [0.717, 1.165) is 5.69 Å². The van der Waals surface area contributed by atoms with Gasteiger partial charge in [-0.1, -0.05) is 23.9 Å². The highest BCUT2D eigenvalue weighted by atomic mass is 32.2. The fourth-order valence-electron chi connectivity index (χ4n) is 1.83. The van der Waals surface area contributed by atoms with E-state index in [4.69, 9.17) is 0 Å². The molecule has 0 radical (unpaired) electrons. The SMILES string of the molecule is Cc1csc(NC(=O)CSc2nc3ccccc3c(=O)[nH]2)n1. The maximum Gasteiger partial charge on any atom is 0.259 e. The lowest BCUT2D eigenvalue weighted by Gasteiger charge is -2.03. The predicted octanol–water partition coefficient (Wildman–Crippen LogP) is 2.42. The lowest BCUT2D eigenvalue weighted by Crippen LogP contribution is -2.15. The molecule has 0 aliphatic rings. The molecule has 0 saturated heterocycles. The van der Waals surface area contributed by atoms with Crippen LogP contribution >= 0.6 is 23.1 Å². The first kappa shape index (κ1) is 14.7. The standard InChI is InChI=1S/C14H12N4O2S2/c1-8-6-21-13(15-8)17-11(19)7-22-14-16-10-5-3-2-4-9(10)12(20)18-14/h2-6H,7H2,1H3,(H,15,17,19)(H,16,18,20). The van der Waals surface area contributed by atoms with Crippen LogP contribution in [0.4, 0.5) is 5.13 Å². The van der Waals surface area contributed by atoms with E-state index in [-0.39, 0.29) is 17.2 Å². The van der Waals surface area contributed by atoms with E-state index >= 15 is 0 Å². The fraction of sp³-hybridized carbons (Fsp3) is 0.143. The second kappa shape index (κ2) is 6.29. The highest BCUT2D eigenvalue weighted by Gasteiger charge is 2.09. The molecule has 6 nitrogen and oxygen atoms in total. The largest absolute Gasteiger partial charge is 0.301 e. The number of aromatic amines is 1. The summed E-state index contributed by atoms with van der Waals surface area (Å²) in [6, 6.07) is 7.09. The molecule has 1 amide bonds. The molecule has 22 heavy (non-hydrogen) atoms. The normalized spacial score (nSPS) is 10.8. The van der Waals surface area contributed by atoms with Gasteiger partial charge in [0.1, 0.15) is 0 Å². The van der Waals surface area contributed by atoms with Gasteiger partial charge in [-0.25, -0.2) is 9.97 Å². The van der Waals surface area contributed by atoms with Crippen molar-refractivity contribution in [2.75, 3.05) is 11.1 Å². The van der Waals surface area contributed by atoms with Crippen LogP contribution in [0.5, 0.6) is 0 Å². The van der Waals surface area contributed by atoms with Gasteiger partial charge in [0, 0.05) is 5.38 Å². The molecular weight excluding hydrogens is 320 g/mol. The summed E-state index contributed by atoms with van der Waals surface area (Å²) in [7, 11) is 0. The van der Waals surface area contributed by atoms with E-state index in [9.17, 15) is 9.59 Å². The smallest absolute Gasteiger partial charge is 0.259 e. The van der Waals surface area contributed by atoms with Crippen LogP contribution in [0.2, 0.25) is 0 Å². The number of H-pyrrole nitrogens is 1.